The first kappa shape index (κ1) is 13.7. The highest BCUT2D eigenvalue weighted by atomic mass is 27.0. The molecule has 0 aliphatic rings. The van der Waals surface area contributed by atoms with Crippen molar-refractivity contribution in [2.24, 2.45) is 0 Å². The zero-order valence-corrected chi connectivity index (χ0v) is 8.80. The highest BCUT2D eigenvalue weighted by Crippen LogP contribution is 2.08. The first-order valence-electron chi connectivity index (χ1n) is 4.93. The van der Waals surface area contributed by atoms with Crippen LogP contribution in [0.2, 0.25) is 0 Å². The summed E-state index contributed by atoms with van der Waals surface area (Å²) >= 11 is 0. The second-order valence-corrected chi connectivity index (χ2v) is 4.08. The van der Waals surface area contributed by atoms with Gasteiger partial charge < -0.3 is 5.32 Å². The molecule has 0 aliphatic heterocycles. The molecule has 1 N–H and O–H groups in total. The molecule has 0 spiro atoms. The van der Waals surface area contributed by atoms with Crippen molar-refractivity contribution in [3.63, 3.8) is 0 Å². The molecule has 1 nitrogen and oxygen atoms in total. The van der Waals surface area contributed by atoms with Gasteiger partial charge in [0.25, 0.3) is 0 Å². The van der Waals surface area contributed by atoms with Crippen molar-refractivity contribution in [2.75, 3.05) is 0 Å². The molecular weight excluding hydrogens is 185 g/mol. The Kier molecular flexibility index (Phi) is 6.12. The Morgan fingerprint density at radius 3 is 2.21 bits per heavy atom. The minimum Gasteiger partial charge on any atom is -0.308 e. The van der Waals surface area contributed by atoms with E-state index in [1.807, 2.05) is 0 Å². The molecule has 0 unspecified atom stereocenters. The fraction of sp³-hybridized carbons (Fsp3) is 0.500. The fourth-order valence-electron chi connectivity index (χ4n) is 1.06. The third-order valence-electron chi connectivity index (χ3n) is 2.50. The van der Waals surface area contributed by atoms with Crippen LogP contribution < -0.4 is 5.32 Å². The number of hydrogen-bond acceptors (Lipinski definition) is 1. The molecule has 0 atom stereocenters. The van der Waals surface area contributed by atoms with Crippen LogP contribution in [0.25, 0.3) is 0 Å². The van der Waals surface area contributed by atoms with Crippen LogP contribution in [0.3, 0.4) is 0 Å². The molecule has 1 aromatic rings. The summed E-state index contributed by atoms with van der Waals surface area (Å²) in [5.41, 5.74) is 1.60. The number of hydrogen-bond donors (Lipinski definition) is 1. The lowest BCUT2D eigenvalue weighted by Gasteiger charge is -2.24. The Morgan fingerprint density at radius 1 is 1.14 bits per heavy atom. The van der Waals surface area contributed by atoms with Gasteiger partial charge in [-0.05, 0) is 25.8 Å². The van der Waals surface area contributed by atoms with Crippen molar-refractivity contribution in [1.82, 2.24) is 5.32 Å². The SMILES string of the molecule is CCC(C)(C)NCc1ccccc1.[AlH3]. The molecule has 0 radical (unpaired) electrons. The number of nitrogens with one attached hydrogen (secondary N) is 1. The molecule has 14 heavy (non-hydrogen) atoms. The van der Waals surface area contributed by atoms with Crippen LogP contribution in [-0.2, 0) is 6.54 Å². The monoisotopic (exact) mass is 207 g/mol. The fourth-order valence-corrected chi connectivity index (χ4v) is 1.06. The molecule has 0 aliphatic carbocycles. The lowest BCUT2D eigenvalue weighted by Crippen LogP contribution is -2.37. The summed E-state index contributed by atoms with van der Waals surface area (Å²) in [4.78, 5) is 0. The third-order valence-corrected chi connectivity index (χ3v) is 2.50. The van der Waals surface area contributed by atoms with Gasteiger partial charge in [0.1, 0.15) is 0 Å². The molecule has 78 valence electrons. The standard InChI is InChI=1S/C12H19N.Al.3H/c1-4-12(2,3)13-10-11-8-6-5-7-9-11;;;;/h5-9,13H,4,10H2,1-3H3;;;;. The largest absolute Gasteiger partial charge is 0.308 e. The highest BCUT2D eigenvalue weighted by Gasteiger charge is 2.12. The molecule has 1 rings (SSSR count). The zero-order chi connectivity index (χ0) is 9.73. The zero-order valence-electron chi connectivity index (χ0n) is 8.80. The van der Waals surface area contributed by atoms with E-state index in [9.17, 15) is 0 Å². The lowest BCUT2D eigenvalue weighted by atomic mass is 10.0. The molecular formula is C12H22AlN. The Balaban J connectivity index is 0.00000169. The van der Waals surface area contributed by atoms with Crippen LogP contribution >= 0.6 is 0 Å². The maximum atomic E-state index is 3.52. The summed E-state index contributed by atoms with van der Waals surface area (Å²) in [6.07, 6.45) is 1.15. The smallest absolute Gasteiger partial charge is 0.187 e. The van der Waals surface area contributed by atoms with Gasteiger partial charge in [-0.1, -0.05) is 37.3 Å². The predicted molar refractivity (Wildman–Crippen MR) is 67.6 cm³/mol. The summed E-state index contributed by atoms with van der Waals surface area (Å²) in [6, 6.07) is 10.5. The number of benzene rings is 1. The van der Waals surface area contributed by atoms with Crippen LogP contribution in [-0.4, -0.2) is 22.9 Å². The van der Waals surface area contributed by atoms with E-state index in [0.29, 0.717) is 0 Å². The topological polar surface area (TPSA) is 12.0 Å². The van der Waals surface area contributed by atoms with Gasteiger partial charge in [0.05, 0.1) is 0 Å². The van der Waals surface area contributed by atoms with E-state index >= 15 is 0 Å². The quantitative estimate of drug-likeness (QED) is 0.742. The van der Waals surface area contributed by atoms with Crippen LogP contribution in [0.1, 0.15) is 32.8 Å². The Bertz CT molecular complexity index is 244. The average Bonchev–Trinajstić information content (AvgIpc) is 2.17. The second kappa shape index (κ2) is 6.24. The molecule has 0 saturated carbocycles. The third kappa shape index (κ3) is 4.81. The van der Waals surface area contributed by atoms with Crippen LogP contribution in [0, 0.1) is 0 Å². The van der Waals surface area contributed by atoms with Crippen molar-refractivity contribution in [3.8, 4) is 0 Å². The van der Waals surface area contributed by atoms with Crippen molar-refractivity contribution in [1.29, 1.82) is 0 Å². The van der Waals surface area contributed by atoms with E-state index in [0.717, 1.165) is 13.0 Å². The van der Waals surface area contributed by atoms with Gasteiger partial charge in [0.2, 0.25) is 0 Å². The van der Waals surface area contributed by atoms with Gasteiger partial charge in [0, 0.05) is 12.1 Å². The van der Waals surface area contributed by atoms with E-state index < -0.39 is 0 Å². The van der Waals surface area contributed by atoms with E-state index in [-0.39, 0.29) is 22.9 Å². The highest BCUT2D eigenvalue weighted by molar-refractivity contribution is 5.75. The first-order chi connectivity index (χ1) is 6.14. The molecule has 0 aromatic heterocycles. The van der Waals surface area contributed by atoms with Gasteiger partial charge in [-0.15, -0.1) is 0 Å². The normalized spacial score (nSPS) is 10.8. The van der Waals surface area contributed by atoms with Crippen molar-refractivity contribution < 1.29 is 0 Å². The molecule has 0 bridgehead atoms. The van der Waals surface area contributed by atoms with Gasteiger partial charge in [0.15, 0.2) is 17.4 Å². The van der Waals surface area contributed by atoms with Crippen molar-refractivity contribution >= 4 is 17.4 Å². The predicted octanol–water partition coefficient (Wildman–Crippen LogP) is 1.78. The summed E-state index contributed by atoms with van der Waals surface area (Å²) in [7, 11) is 0. The molecule has 0 saturated heterocycles. The lowest BCUT2D eigenvalue weighted by molar-refractivity contribution is 0.374. The summed E-state index contributed by atoms with van der Waals surface area (Å²) < 4.78 is 0. The maximum absolute atomic E-state index is 3.52. The van der Waals surface area contributed by atoms with E-state index in [4.69, 9.17) is 0 Å². The average molecular weight is 207 g/mol. The maximum Gasteiger partial charge on any atom is 0.187 e. The Morgan fingerprint density at radius 2 is 1.71 bits per heavy atom. The van der Waals surface area contributed by atoms with Crippen molar-refractivity contribution in [3.05, 3.63) is 35.9 Å². The van der Waals surface area contributed by atoms with E-state index in [2.05, 4.69) is 56.4 Å². The van der Waals surface area contributed by atoms with Crippen LogP contribution in [0.4, 0.5) is 0 Å². The first-order valence-corrected chi connectivity index (χ1v) is 4.93. The minimum absolute atomic E-state index is 0. The Labute approximate surface area is 98.0 Å². The number of rotatable bonds is 4. The van der Waals surface area contributed by atoms with Gasteiger partial charge in [-0.25, -0.2) is 0 Å². The summed E-state index contributed by atoms with van der Waals surface area (Å²) in [5.74, 6) is 0. The van der Waals surface area contributed by atoms with E-state index in [1.165, 1.54) is 5.56 Å². The minimum atomic E-state index is 0. The van der Waals surface area contributed by atoms with Crippen molar-refractivity contribution in [2.45, 2.75) is 39.3 Å². The van der Waals surface area contributed by atoms with Gasteiger partial charge in [-0.3, -0.25) is 0 Å². The van der Waals surface area contributed by atoms with Gasteiger partial charge >= 0.3 is 0 Å². The Hall–Kier alpha value is -0.288. The van der Waals surface area contributed by atoms with Gasteiger partial charge in [-0.2, -0.15) is 0 Å². The summed E-state index contributed by atoms with van der Waals surface area (Å²) in [6.45, 7) is 7.63. The molecule has 0 fully saturated rings. The molecule has 2 heteroatoms. The molecule has 0 heterocycles. The second-order valence-electron chi connectivity index (χ2n) is 4.08. The van der Waals surface area contributed by atoms with Crippen LogP contribution in [0.15, 0.2) is 30.3 Å². The molecule has 1 aromatic carbocycles. The van der Waals surface area contributed by atoms with Crippen LogP contribution in [0.5, 0.6) is 0 Å². The van der Waals surface area contributed by atoms with E-state index in [1.54, 1.807) is 0 Å². The molecule has 0 amide bonds. The summed E-state index contributed by atoms with van der Waals surface area (Å²) in [5, 5.41) is 3.52.